The Balaban J connectivity index is 0.000000158. The minimum Gasteiger partial charge on any atom is -0.478 e. The quantitative estimate of drug-likeness (QED) is 0.160. The SMILES string of the molecule is O=C(O)c1ccc2c(c1)CCC[C@@H]1CC(c3ccccc3)=CC[C@]21Cc1ccccc1.O=C(O)c1ccc2c(c1)CCC[C@H]1CC(c3ccccc3)=CC[C@@]21Cc1ccccc1. The van der Waals surface area contributed by atoms with Crippen molar-refractivity contribution < 1.29 is 19.8 Å². The standard InChI is InChI=1S/2C29H28O2/c2*30-28(31)25-14-15-27-24(18-25)12-7-13-26-19-23(22-10-5-2-6-11-22)16-17-29(26,27)20-21-8-3-1-4-9-21/h2*1-6,8-11,14-16,18,26H,7,12-13,17,19-20H2,(H,30,31)/t2*26-,29-/m10/s1. The van der Waals surface area contributed by atoms with Gasteiger partial charge in [-0.05, 0) is 169 Å². The van der Waals surface area contributed by atoms with E-state index in [0.717, 1.165) is 64.2 Å². The lowest BCUT2D eigenvalue weighted by atomic mass is 9.59. The van der Waals surface area contributed by atoms with Gasteiger partial charge >= 0.3 is 11.9 Å². The lowest BCUT2D eigenvalue weighted by molar-refractivity contribution is 0.0686. The molecule has 4 nitrogen and oxygen atoms in total. The van der Waals surface area contributed by atoms with Gasteiger partial charge in [-0.1, -0.05) is 146 Å². The average Bonchev–Trinajstić information content (AvgIpc) is 3.57. The molecule has 0 bridgehead atoms. The molecule has 0 amide bonds. The summed E-state index contributed by atoms with van der Waals surface area (Å²) in [5, 5.41) is 19.1. The molecule has 0 fully saturated rings. The number of aryl methyl sites for hydroxylation is 2. The first-order valence-corrected chi connectivity index (χ1v) is 22.6. The molecule has 0 aromatic heterocycles. The zero-order valence-electron chi connectivity index (χ0n) is 35.5. The highest BCUT2D eigenvalue weighted by Crippen LogP contribution is 2.54. The van der Waals surface area contributed by atoms with Crippen LogP contribution in [0.25, 0.3) is 11.1 Å². The molecule has 0 saturated heterocycles. The van der Waals surface area contributed by atoms with Crippen molar-refractivity contribution in [1.29, 1.82) is 0 Å². The molecule has 0 heterocycles. The van der Waals surface area contributed by atoms with Crippen LogP contribution in [0.5, 0.6) is 0 Å². The first kappa shape index (κ1) is 41.1. The Morgan fingerprint density at radius 2 is 0.855 bits per heavy atom. The monoisotopic (exact) mass is 816 g/mol. The van der Waals surface area contributed by atoms with Crippen LogP contribution >= 0.6 is 0 Å². The number of fused-ring (bicyclic) bond motifs is 6. The Morgan fingerprint density at radius 1 is 0.484 bits per heavy atom. The van der Waals surface area contributed by atoms with Gasteiger partial charge in [-0.2, -0.15) is 0 Å². The fourth-order valence-corrected chi connectivity index (χ4v) is 11.7. The van der Waals surface area contributed by atoms with Crippen LogP contribution in [-0.4, -0.2) is 22.2 Å². The van der Waals surface area contributed by atoms with Gasteiger partial charge in [0.2, 0.25) is 0 Å². The number of carboxylic acid groups (broad SMARTS) is 2. The molecule has 0 unspecified atom stereocenters. The van der Waals surface area contributed by atoms with Crippen molar-refractivity contribution in [2.75, 3.05) is 0 Å². The summed E-state index contributed by atoms with van der Waals surface area (Å²) in [6.07, 6.45) is 17.5. The van der Waals surface area contributed by atoms with E-state index in [9.17, 15) is 19.8 Å². The molecule has 0 saturated carbocycles. The summed E-state index contributed by atoms with van der Waals surface area (Å²) in [6, 6.07) is 54.9. The molecule has 0 spiro atoms. The molecular weight excluding hydrogens is 761 g/mol. The second-order valence-corrected chi connectivity index (χ2v) is 18.2. The summed E-state index contributed by atoms with van der Waals surface area (Å²) >= 11 is 0. The number of hydrogen-bond acceptors (Lipinski definition) is 2. The van der Waals surface area contributed by atoms with Gasteiger partial charge in [-0.3, -0.25) is 0 Å². The summed E-state index contributed by atoms with van der Waals surface area (Å²) < 4.78 is 0. The van der Waals surface area contributed by atoms with Crippen LogP contribution in [0.4, 0.5) is 0 Å². The largest absolute Gasteiger partial charge is 0.478 e. The van der Waals surface area contributed by atoms with Crippen molar-refractivity contribution in [3.05, 3.63) is 226 Å². The molecule has 0 radical (unpaired) electrons. The van der Waals surface area contributed by atoms with Crippen LogP contribution in [-0.2, 0) is 36.5 Å². The molecule has 10 rings (SSSR count). The van der Waals surface area contributed by atoms with Gasteiger partial charge in [-0.15, -0.1) is 0 Å². The molecule has 2 N–H and O–H groups in total. The van der Waals surface area contributed by atoms with Crippen molar-refractivity contribution in [2.24, 2.45) is 11.8 Å². The van der Waals surface area contributed by atoms with Gasteiger partial charge in [0.05, 0.1) is 11.1 Å². The molecular formula is C58H56O4. The second-order valence-electron chi connectivity index (χ2n) is 18.2. The Morgan fingerprint density at radius 3 is 1.23 bits per heavy atom. The Bertz CT molecular complexity index is 2410. The topological polar surface area (TPSA) is 74.6 Å². The first-order chi connectivity index (χ1) is 30.3. The number of hydrogen-bond donors (Lipinski definition) is 2. The van der Waals surface area contributed by atoms with E-state index >= 15 is 0 Å². The van der Waals surface area contributed by atoms with Crippen LogP contribution < -0.4 is 0 Å². The van der Waals surface area contributed by atoms with Crippen LogP contribution in [0.1, 0.15) is 117 Å². The summed E-state index contributed by atoms with van der Waals surface area (Å²) in [6.45, 7) is 0. The Hall–Kier alpha value is -6.26. The lowest BCUT2D eigenvalue weighted by Gasteiger charge is -2.44. The molecule has 6 aromatic rings. The molecule has 6 aromatic carbocycles. The minimum atomic E-state index is -0.837. The van der Waals surface area contributed by atoms with E-state index in [1.165, 1.54) is 68.5 Å². The van der Waals surface area contributed by atoms with Gasteiger partial charge in [0, 0.05) is 10.8 Å². The number of benzene rings is 6. The minimum absolute atomic E-state index is 0.0164. The lowest BCUT2D eigenvalue weighted by Crippen LogP contribution is -2.39. The van der Waals surface area contributed by atoms with Crippen molar-refractivity contribution in [1.82, 2.24) is 0 Å². The van der Waals surface area contributed by atoms with Crippen molar-refractivity contribution in [2.45, 2.75) is 87.9 Å². The molecule has 4 aliphatic carbocycles. The van der Waals surface area contributed by atoms with Gasteiger partial charge < -0.3 is 10.2 Å². The van der Waals surface area contributed by atoms with Gasteiger partial charge in [-0.25, -0.2) is 9.59 Å². The zero-order chi connectivity index (χ0) is 42.5. The molecule has 4 aliphatic rings. The second kappa shape index (κ2) is 18.0. The maximum Gasteiger partial charge on any atom is 0.335 e. The number of carboxylic acids is 2. The molecule has 62 heavy (non-hydrogen) atoms. The van der Waals surface area contributed by atoms with Crippen LogP contribution in [0.2, 0.25) is 0 Å². The van der Waals surface area contributed by atoms with Crippen molar-refractivity contribution in [3.63, 3.8) is 0 Å². The van der Waals surface area contributed by atoms with Crippen molar-refractivity contribution in [3.8, 4) is 0 Å². The summed E-state index contributed by atoms with van der Waals surface area (Å²) in [5.41, 5.74) is 14.3. The summed E-state index contributed by atoms with van der Waals surface area (Å²) in [5.74, 6) is -0.582. The summed E-state index contributed by atoms with van der Waals surface area (Å²) in [4.78, 5) is 23.2. The zero-order valence-corrected chi connectivity index (χ0v) is 35.5. The third-order valence-corrected chi connectivity index (χ3v) is 14.7. The van der Waals surface area contributed by atoms with E-state index in [4.69, 9.17) is 0 Å². The maximum atomic E-state index is 11.6. The van der Waals surface area contributed by atoms with E-state index in [1.807, 2.05) is 24.3 Å². The maximum absolute atomic E-state index is 11.6. The average molecular weight is 817 g/mol. The predicted molar refractivity (Wildman–Crippen MR) is 251 cm³/mol. The van der Waals surface area contributed by atoms with Crippen molar-refractivity contribution >= 4 is 23.1 Å². The Labute approximate surface area is 366 Å². The van der Waals surface area contributed by atoms with E-state index in [2.05, 4.69) is 146 Å². The predicted octanol–water partition coefficient (Wildman–Crippen LogP) is 13.4. The number of rotatable bonds is 8. The van der Waals surface area contributed by atoms with E-state index in [1.54, 1.807) is 0 Å². The van der Waals surface area contributed by atoms with Crippen LogP contribution in [0.15, 0.2) is 170 Å². The third kappa shape index (κ3) is 8.36. The van der Waals surface area contributed by atoms with Gasteiger partial charge in [0.15, 0.2) is 0 Å². The smallest absolute Gasteiger partial charge is 0.335 e. The van der Waals surface area contributed by atoms with E-state index in [-0.39, 0.29) is 10.8 Å². The molecule has 312 valence electrons. The summed E-state index contributed by atoms with van der Waals surface area (Å²) in [7, 11) is 0. The first-order valence-electron chi connectivity index (χ1n) is 22.6. The number of carbonyl (C=O) groups is 2. The van der Waals surface area contributed by atoms with E-state index < -0.39 is 11.9 Å². The highest BCUT2D eigenvalue weighted by atomic mass is 16.4. The third-order valence-electron chi connectivity index (χ3n) is 14.7. The molecule has 0 aliphatic heterocycles. The molecule has 4 heteroatoms. The van der Waals surface area contributed by atoms with E-state index in [0.29, 0.717) is 23.0 Å². The highest BCUT2D eigenvalue weighted by molar-refractivity contribution is 5.88. The number of allylic oxidation sites excluding steroid dienone is 4. The number of aromatic carboxylic acids is 2. The van der Waals surface area contributed by atoms with Gasteiger partial charge in [0.1, 0.15) is 0 Å². The van der Waals surface area contributed by atoms with Gasteiger partial charge in [0.25, 0.3) is 0 Å². The van der Waals surface area contributed by atoms with Crippen LogP contribution in [0.3, 0.4) is 0 Å². The molecule has 4 atom stereocenters. The fourth-order valence-electron chi connectivity index (χ4n) is 11.7. The normalized spacial score (nSPS) is 22.6. The fraction of sp³-hybridized carbons (Fsp3) is 0.276. The highest BCUT2D eigenvalue weighted by Gasteiger charge is 2.46. The Kier molecular flexibility index (Phi) is 11.9. The van der Waals surface area contributed by atoms with Crippen LogP contribution in [0, 0.1) is 11.8 Å².